The summed E-state index contributed by atoms with van der Waals surface area (Å²) in [5.41, 5.74) is 10.3. The molecule has 0 spiro atoms. The van der Waals surface area contributed by atoms with Crippen LogP contribution in [-0.4, -0.2) is 23.7 Å². The van der Waals surface area contributed by atoms with Crippen LogP contribution in [0.1, 0.15) is 16.7 Å². The summed E-state index contributed by atoms with van der Waals surface area (Å²) in [6.45, 7) is 4.40. The number of aryl methyl sites for hydroxylation is 2. The number of nitrogens with zero attached hydrogens (tertiary/aromatic N) is 1. The summed E-state index contributed by atoms with van der Waals surface area (Å²) in [5, 5.41) is 13.1. The summed E-state index contributed by atoms with van der Waals surface area (Å²) in [4.78, 5) is 4.20. The van der Waals surface area contributed by atoms with E-state index in [0.717, 1.165) is 11.3 Å². The first-order chi connectivity index (χ1) is 10.5. The average Bonchev–Trinajstić information content (AvgIpc) is 2.50. The summed E-state index contributed by atoms with van der Waals surface area (Å²) in [6, 6.07) is 15.9. The minimum Gasteiger partial charge on any atom is -0.391 e. The van der Waals surface area contributed by atoms with E-state index in [1.807, 2.05) is 48.5 Å². The molecule has 0 saturated heterocycles. The number of nitrogens with two attached hydrogens (primary N) is 1. The molecular weight excluding hydrogens is 401 g/mol. The van der Waals surface area contributed by atoms with Crippen LogP contribution in [0.3, 0.4) is 0 Å². The number of benzene rings is 2. The van der Waals surface area contributed by atoms with Gasteiger partial charge in [0, 0.05) is 12.1 Å². The number of aliphatic imine (C=N–C) groups is 1. The standard InChI is InChI=1S/C18H23N3O.HI/c1-13-8-9-16(10-14(13)2)21-18(19)20-12-17(22)11-15-6-4-3-5-7-15;/h3-10,17,22H,11-12H2,1-2H3,(H3,19,20,21);1H. The van der Waals surface area contributed by atoms with Gasteiger partial charge in [0.1, 0.15) is 0 Å². The van der Waals surface area contributed by atoms with Crippen molar-refractivity contribution in [2.45, 2.75) is 26.4 Å². The van der Waals surface area contributed by atoms with Crippen LogP contribution in [0.25, 0.3) is 0 Å². The molecule has 2 rings (SSSR count). The Morgan fingerprint density at radius 3 is 2.48 bits per heavy atom. The highest BCUT2D eigenvalue weighted by molar-refractivity contribution is 14.0. The maximum absolute atomic E-state index is 10.0. The molecule has 124 valence electrons. The molecule has 0 bridgehead atoms. The van der Waals surface area contributed by atoms with Crippen LogP contribution in [-0.2, 0) is 6.42 Å². The minimum absolute atomic E-state index is 0. The largest absolute Gasteiger partial charge is 0.391 e. The van der Waals surface area contributed by atoms with E-state index in [4.69, 9.17) is 5.73 Å². The lowest BCUT2D eigenvalue weighted by Crippen LogP contribution is -2.25. The van der Waals surface area contributed by atoms with Gasteiger partial charge in [0.25, 0.3) is 0 Å². The predicted molar refractivity (Wildman–Crippen MR) is 108 cm³/mol. The van der Waals surface area contributed by atoms with Gasteiger partial charge >= 0.3 is 0 Å². The molecule has 0 amide bonds. The van der Waals surface area contributed by atoms with Crippen LogP contribution in [0.4, 0.5) is 5.69 Å². The van der Waals surface area contributed by atoms with Crippen molar-refractivity contribution in [3.8, 4) is 0 Å². The van der Waals surface area contributed by atoms with Gasteiger partial charge in [0.15, 0.2) is 5.96 Å². The molecule has 1 atom stereocenters. The molecule has 0 radical (unpaired) electrons. The van der Waals surface area contributed by atoms with Crippen molar-refractivity contribution in [1.29, 1.82) is 0 Å². The minimum atomic E-state index is -0.539. The quantitative estimate of drug-likeness (QED) is 0.391. The van der Waals surface area contributed by atoms with Gasteiger partial charge < -0.3 is 16.2 Å². The predicted octanol–water partition coefficient (Wildman–Crippen LogP) is 3.25. The normalized spacial score (nSPS) is 12.4. The van der Waals surface area contributed by atoms with Crippen LogP contribution in [0, 0.1) is 13.8 Å². The van der Waals surface area contributed by atoms with Gasteiger partial charge in [-0.3, -0.25) is 4.99 Å². The first kappa shape index (κ1) is 19.4. The highest BCUT2D eigenvalue weighted by Crippen LogP contribution is 2.13. The van der Waals surface area contributed by atoms with Gasteiger partial charge in [-0.05, 0) is 42.7 Å². The molecule has 1 unspecified atom stereocenters. The van der Waals surface area contributed by atoms with Crippen molar-refractivity contribution in [2.24, 2.45) is 10.7 Å². The third kappa shape index (κ3) is 6.58. The van der Waals surface area contributed by atoms with E-state index in [1.165, 1.54) is 11.1 Å². The van der Waals surface area contributed by atoms with E-state index < -0.39 is 6.10 Å². The topological polar surface area (TPSA) is 70.6 Å². The Morgan fingerprint density at radius 1 is 1.13 bits per heavy atom. The molecule has 0 aliphatic carbocycles. The van der Waals surface area contributed by atoms with Crippen LogP contribution in [0.5, 0.6) is 0 Å². The van der Waals surface area contributed by atoms with Gasteiger partial charge in [0.05, 0.1) is 12.6 Å². The summed E-state index contributed by atoms with van der Waals surface area (Å²) in [6.07, 6.45) is 0.0313. The third-order valence-corrected chi connectivity index (χ3v) is 3.57. The molecule has 0 saturated carbocycles. The number of anilines is 1. The Kier molecular flexibility index (Phi) is 8.05. The van der Waals surface area contributed by atoms with E-state index >= 15 is 0 Å². The highest BCUT2D eigenvalue weighted by atomic mass is 127. The molecule has 4 N–H and O–H groups in total. The van der Waals surface area contributed by atoms with Crippen molar-refractivity contribution in [2.75, 3.05) is 11.9 Å². The zero-order valence-electron chi connectivity index (χ0n) is 13.5. The monoisotopic (exact) mass is 425 g/mol. The Hall–Kier alpha value is -1.60. The Morgan fingerprint density at radius 2 is 1.83 bits per heavy atom. The third-order valence-electron chi connectivity index (χ3n) is 3.57. The van der Waals surface area contributed by atoms with Crippen LogP contribution in [0.15, 0.2) is 53.5 Å². The lowest BCUT2D eigenvalue weighted by molar-refractivity contribution is 0.184. The lowest BCUT2D eigenvalue weighted by atomic mass is 10.1. The molecule has 0 heterocycles. The van der Waals surface area contributed by atoms with Gasteiger partial charge in [-0.15, -0.1) is 24.0 Å². The first-order valence-electron chi connectivity index (χ1n) is 7.41. The summed E-state index contributed by atoms with van der Waals surface area (Å²) < 4.78 is 0. The smallest absolute Gasteiger partial charge is 0.193 e. The van der Waals surface area contributed by atoms with E-state index in [9.17, 15) is 5.11 Å². The van der Waals surface area contributed by atoms with Gasteiger partial charge in [-0.25, -0.2) is 0 Å². The fraction of sp³-hybridized carbons (Fsp3) is 0.278. The first-order valence-corrected chi connectivity index (χ1v) is 7.41. The second-order valence-electron chi connectivity index (χ2n) is 5.49. The van der Waals surface area contributed by atoms with E-state index in [0.29, 0.717) is 12.4 Å². The molecule has 0 aliphatic rings. The van der Waals surface area contributed by atoms with E-state index in [-0.39, 0.29) is 30.5 Å². The molecule has 2 aromatic carbocycles. The lowest BCUT2D eigenvalue weighted by Gasteiger charge is -2.10. The molecule has 0 aromatic heterocycles. The summed E-state index contributed by atoms with van der Waals surface area (Å²) in [5.74, 6) is 0.315. The van der Waals surface area contributed by atoms with Gasteiger partial charge in [0.2, 0.25) is 0 Å². The van der Waals surface area contributed by atoms with Gasteiger partial charge in [-0.1, -0.05) is 36.4 Å². The number of guanidine groups is 1. The molecule has 0 fully saturated rings. The second kappa shape index (κ2) is 9.52. The SMILES string of the molecule is Cc1ccc(NC(N)=NCC(O)Cc2ccccc2)cc1C.I. The number of nitrogens with one attached hydrogen (secondary N) is 1. The van der Waals surface area contributed by atoms with Crippen molar-refractivity contribution in [1.82, 2.24) is 0 Å². The highest BCUT2D eigenvalue weighted by Gasteiger charge is 2.05. The number of halogens is 1. The number of aliphatic hydroxyl groups excluding tert-OH is 1. The van der Waals surface area contributed by atoms with Crippen LogP contribution < -0.4 is 11.1 Å². The Labute approximate surface area is 154 Å². The summed E-state index contributed by atoms with van der Waals surface area (Å²) >= 11 is 0. The van der Waals surface area contributed by atoms with Crippen molar-refractivity contribution in [3.63, 3.8) is 0 Å². The van der Waals surface area contributed by atoms with E-state index in [2.05, 4.69) is 24.2 Å². The fourth-order valence-corrected chi connectivity index (χ4v) is 2.16. The van der Waals surface area contributed by atoms with Crippen molar-refractivity contribution in [3.05, 3.63) is 65.2 Å². The fourth-order valence-electron chi connectivity index (χ4n) is 2.16. The number of hydrogen-bond acceptors (Lipinski definition) is 2. The number of rotatable bonds is 5. The Bertz CT molecular complexity index is 644. The zero-order valence-corrected chi connectivity index (χ0v) is 15.8. The maximum atomic E-state index is 10.0. The van der Waals surface area contributed by atoms with Crippen LogP contribution >= 0.6 is 24.0 Å². The van der Waals surface area contributed by atoms with Gasteiger partial charge in [-0.2, -0.15) is 0 Å². The number of aliphatic hydroxyl groups is 1. The molecule has 0 aliphatic heterocycles. The zero-order chi connectivity index (χ0) is 15.9. The average molecular weight is 425 g/mol. The molecule has 5 heteroatoms. The molecular formula is C18H24IN3O. The second-order valence-corrected chi connectivity index (χ2v) is 5.49. The number of hydrogen-bond donors (Lipinski definition) is 3. The van der Waals surface area contributed by atoms with Crippen molar-refractivity contribution >= 4 is 35.6 Å². The van der Waals surface area contributed by atoms with Crippen LogP contribution in [0.2, 0.25) is 0 Å². The molecule has 2 aromatic rings. The summed E-state index contributed by atoms with van der Waals surface area (Å²) in [7, 11) is 0. The Balaban J connectivity index is 0.00000264. The maximum Gasteiger partial charge on any atom is 0.193 e. The van der Waals surface area contributed by atoms with Crippen molar-refractivity contribution < 1.29 is 5.11 Å². The molecule has 4 nitrogen and oxygen atoms in total. The van der Waals surface area contributed by atoms with E-state index in [1.54, 1.807) is 0 Å². The molecule has 23 heavy (non-hydrogen) atoms.